The molecular weight excluding hydrogens is 224 g/mol. The van der Waals surface area contributed by atoms with Crippen molar-refractivity contribution in [2.45, 2.75) is 11.8 Å². The van der Waals surface area contributed by atoms with Gasteiger partial charge in [0.2, 0.25) is 0 Å². The first kappa shape index (κ1) is 11.0. The lowest BCUT2D eigenvalue weighted by molar-refractivity contribution is -0.172. The summed E-state index contributed by atoms with van der Waals surface area (Å²) in [6, 6.07) is 3.31. The van der Waals surface area contributed by atoms with Crippen LogP contribution >= 0.6 is 0 Å². The SMILES string of the molecule is C=C1c2cc(OC)ccc2C(F)(F)C1(F)F. The highest BCUT2D eigenvalue weighted by Gasteiger charge is 2.65. The molecule has 0 atom stereocenters. The molecule has 0 saturated carbocycles. The number of alkyl halides is 4. The van der Waals surface area contributed by atoms with Crippen LogP contribution in [0.25, 0.3) is 5.57 Å². The van der Waals surface area contributed by atoms with E-state index in [4.69, 9.17) is 4.74 Å². The van der Waals surface area contributed by atoms with Crippen molar-refractivity contribution in [2.75, 3.05) is 7.11 Å². The smallest absolute Gasteiger partial charge is 0.340 e. The van der Waals surface area contributed by atoms with Gasteiger partial charge in [0.25, 0.3) is 0 Å². The number of rotatable bonds is 1. The van der Waals surface area contributed by atoms with Crippen LogP contribution in [0, 0.1) is 0 Å². The van der Waals surface area contributed by atoms with Gasteiger partial charge in [0, 0.05) is 11.1 Å². The van der Waals surface area contributed by atoms with Gasteiger partial charge in [-0.1, -0.05) is 6.58 Å². The quantitative estimate of drug-likeness (QED) is 0.674. The monoisotopic (exact) mass is 232 g/mol. The highest BCUT2D eigenvalue weighted by Crippen LogP contribution is 2.57. The van der Waals surface area contributed by atoms with Crippen molar-refractivity contribution in [3.63, 3.8) is 0 Å². The number of halogens is 4. The fourth-order valence-corrected chi connectivity index (χ4v) is 1.70. The average Bonchev–Trinajstić information content (AvgIpc) is 2.38. The zero-order valence-electron chi connectivity index (χ0n) is 8.36. The zero-order valence-corrected chi connectivity index (χ0v) is 8.36. The number of fused-ring (bicyclic) bond motifs is 1. The molecule has 1 aliphatic rings. The molecule has 5 heteroatoms. The molecule has 0 bridgehead atoms. The second-order valence-electron chi connectivity index (χ2n) is 3.54. The Kier molecular flexibility index (Phi) is 2.05. The summed E-state index contributed by atoms with van der Waals surface area (Å²) in [4.78, 5) is 0. The van der Waals surface area contributed by atoms with Gasteiger partial charge in [-0.25, -0.2) is 0 Å². The minimum absolute atomic E-state index is 0.241. The molecule has 0 heterocycles. The predicted molar refractivity (Wildman–Crippen MR) is 50.9 cm³/mol. The van der Waals surface area contributed by atoms with Crippen LogP contribution in [0.2, 0.25) is 0 Å². The Bertz CT molecular complexity index is 465. The molecule has 0 saturated heterocycles. The Balaban J connectivity index is 2.67. The van der Waals surface area contributed by atoms with E-state index in [9.17, 15) is 17.6 Å². The first-order valence-electron chi connectivity index (χ1n) is 4.46. The van der Waals surface area contributed by atoms with Gasteiger partial charge in [-0.15, -0.1) is 0 Å². The van der Waals surface area contributed by atoms with Crippen molar-refractivity contribution in [3.8, 4) is 5.75 Å². The minimum Gasteiger partial charge on any atom is -0.497 e. The third kappa shape index (κ3) is 1.11. The standard InChI is InChI=1S/C11H8F4O/c1-6-8-5-7(16-2)3-4-9(8)11(14,15)10(6,12)13/h3-5H,1H2,2H3. The minimum atomic E-state index is -4.23. The molecule has 2 rings (SSSR count). The summed E-state index contributed by atoms with van der Waals surface area (Å²) in [5, 5.41) is 0. The predicted octanol–water partition coefficient (Wildman–Crippen LogP) is 3.45. The summed E-state index contributed by atoms with van der Waals surface area (Å²) in [6.07, 6.45) is 0. The van der Waals surface area contributed by atoms with Crippen LogP contribution in [0.5, 0.6) is 5.75 Å². The first-order valence-corrected chi connectivity index (χ1v) is 4.46. The van der Waals surface area contributed by atoms with Crippen LogP contribution in [0.3, 0.4) is 0 Å². The highest BCUT2D eigenvalue weighted by atomic mass is 19.3. The topological polar surface area (TPSA) is 9.23 Å². The van der Waals surface area contributed by atoms with Crippen LogP contribution in [0.1, 0.15) is 11.1 Å². The number of methoxy groups -OCH3 is 1. The molecule has 0 unspecified atom stereocenters. The molecule has 0 spiro atoms. The van der Waals surface area contributed by atoms with E-state index < -0.39 is 23.0 Å². The van der Waals surface area contributed by atoms with E-state index >= 15 is 0 Å². The Morgan fingerprint density at radius 2 is 1.75 bits per heavy atom. The number of ether oxygens (including phenoxy) is 1. The van der Waals surface area contributed by atoms with Gasteiger partial charge in [-0.05, 0) is 23.8 Å². The van der Waals surface area contributed by atoms with Gasteiger partial charge in [0.15, 0.2) is 0 Å². The lowest BCUT2D eigenvalue weighted by Gasteiger charge is -2.19. The molecule has 86 valence electrons. The largest absolute Gasteiger partial charge is 0.497 e. The molecule has 1 nitrogen and oxygen atoms in total. The van der Waals surface area contributed by atoms with Crippen molar-refractivity contribution in [1.82, 2.24) is 0 Å². The third-order valence-corrected chi connectivity index (χ3v) is 2.66. The fraction of sp³-hybridized carbons (Fsp3) is 0.273. The molecule has 16 heavy (non-hydrogen) atoms. The Labute approximate surface area is 89.3 Å². The maximum absolute atomic E-state index is 13.3. The number of hydrogen-bond acceptors (Lipinski definition) is 1. The Hall–Kier alpha value is -1.52. The number of benzene rings is 1. The van der Waals surface area contributed by atoms with Crippen molar-refractivity contribution < 1.29 is 22.3 Å². The van der Waals surface area contributed by atoms with Crippen LogP contribution in [0.4, 0.5) is 17.6 Å². The van der Waals surface area contributed by atoms with Gasteiger partial charge in [-0.3, -0.25) is 0 Å². The van der Waals surface area contributed by atoms with Gasteiger partial charge >= 0.3 is 11.8 Å². The van der Waals surface area contributed by atoms with E-state index in [1.807, 2.05) is 0 Å². The van der Waals surface area contributed by atoms with Crippen LogP contribution in [-0.4, -0.2) is 13.0 Å². The van der Waals surface area contributed by atoms with Gasteiger partial charge in [0.1, 0.15) is 5.75 Å². The molecule has 0 fully saturated rings. The first-order chi connectivity index (χ1) is 7.32. The molecule has 1 aromatic rings. The maximum atomic E-state index is 13.3. The third-order valence-electron chi connectivity index (χ3n) is 2.66. The van der Waals surface area contributed by atoms with Gasteiger partial charge < -0.3 is 4.74 Å². The van der Waals surface area contributed by atoms with Crippen LogP contribution in [-0.2, 0) is 5.92 Å². The highest BCUT2D eigenvalue weighted by molar-refractivity contribution is 5.79. The maximum Gasteiger partial charge on any atom is 0.340 e. The normalized spacial score (nSPS) is 20.7. The van der Waals surface area contributed by atoms with Crippen molar-refractivity contribution in [3.05, 3.63) is 35.9 Å². The van der Waals surface area contributed by atoms with Crippen molar-refractivity contribution in [1.29, 1.82) is 0 Å². The molecule has 1 aromatic carbocycles. The second-order valence-corrected chi connectivity index (χ2v) is 3.54. The summed E-state index contributed by atoms with van der Waals surface area (Å²) < 4.78 is 58.0. The summed E-state index contributed by atoms with van der Waals surface area (Å²) in [7, 11) is 1.33. The lowest BCUT2D eigenvalue weighted by atomic mass is 10.1. The zero-order chi connectivity index (χ0) is 12.1. The molecule has 0 N–H and O–H groups in total. The van der Waals surface area contributed by atoms with E-state index in [0.717, 1.165) is 12.1 Å². The lowest BCUT2D eigenvalue weighted by Crippen LogP contribution is -2.32. The van der Waals surface area contributed by atoms with Gasteiger partial charge in [0.05, 0.1) is 7.11 Å². The van der Waals surface area contributed by atoms with Crippen molar-refractivity contribution in [2.24, 2.45) is 0 Å². The second kappa shape index (κ2) is 2.99. The summed E-state index contributed by atoms with van der Waals surface area (Å²) in [5.41, 5.74) is -1.82. The van der Waals surface area contributed by atoms with E-state index in [1.54, 1.807) is 0 Å². The summed E-state index contributed by atoms with van der Waals surface area (Å²) in [6.45, 7) is 3.03. The molecule has 1 aliphatic carbocycles. The molecule has 0 radical (unpaired) electrons. The van der Waals surface area contributed by atoms with Gasteiger partial charge in [-0.2, -0.15) is 17.6 Å². The Morgan fingerprint density at radius 1 is 1.12 bits per heavy atom. The number of allylic oxidation sites excluding steroid dienone is 1. The van der Waals surface area contributed by atoms with E-state index in [-0.39, 0.29) is 11.3 Å². The summed E-state index contributed by atoms with van der Waals surface area (Å²) in [5.74, 6) is -8.19. The average molecular weight is 232 g/mol. The van der Waals surface area contributed by atoms with Crippen molar-refractivity contribution >= 4 is 5.57 Å². The van der Waals surface area contributed by atoms with Crippen LogP contribution in [0.15, 0.2) is 24.8 Å². The molecule has 0 amide bonds. The summed E-state index contributed by atoms with van der Waals surface area (Å²) >= 11 is 0. The van der Waals surface area contributed by atoms with Crippen LogP contribution < -0.4 is 4.74 Å². The van der Waals surface area contributed by atoms with E-state index in [1.165, 1.54) is 13.2 Å². The fourth-order valence-electron chi connectivity index (χ4n) is 1.70. The molecule has 0 aliphatic heterocycles. The molecular formula is C11H8F4O. The van der Waals surface area contributed by atoms with E-state index in [0.29, 0.717) is 0 Å². The van der Waals surface area contributed by atoms with E-state index in [2.05, 4.69) is 6.58 Å². The Morgan fingerprint density at radius 3 is 2.31 bits per heavy atom. The molecule has 0 aromatic heterocycles. The number of hydrogen-bond donors (Lipinski definition) is 0.